The van der Waals surface area contributed by atoms with Crippen molar-refractivity contribution in [3.63, 3.8) is 0 Å². The van der Waals surface area contributed by atoms with Crippen LogP contribution in [-0.4, -0.2) is 52.8 Å². The van der Waals surface area contributed by atoms with Gasteiger partial charge < -0.3 is 9.47 Å². The van der Waals surface area contributed by atoms with Gasteiger partial charge in [-0.3, -0.25) is 14.4 Å². The van der Waals surface area contributed by atoms with Crippen LogP contribution in [-0.2, 0) is 9.47 Å². The van der Waals surface area contributed by atoms with Crippen LogP contribution in [0.3, 0.4) is 0 Å². The molecule has 220 valence electrons. The van der Waals surface area contributed by atoms with Crippen LogP contribution in [0.25, 0.3) is 11.9 Å². The van der Waals surface area contributed by atoms with Gasteiger partial charge in [-0.05, 0) is 62.6 Å². The molecule has 0 bridgehead atoms. The number of methoxy groups -OCH3 is 1. The summed E-state index contributed by atoms with van der Waals surface area (Å²) in [6, 6.07) is 6.54. The quantitative estimate of drug-likeness (QED) is 0.251. The maximum Gasteiger partial charge on any atom is 0.428 e. The minimum absolute atomic E-state index is 0.00496. The van der Waals surface area contributed by atoms with Gasteiger partial charge in [-0.2, -0.15) is 4.31 Å². The summed E-state index contributed by atoms with van der Waals surface area (Å²) in [6.45, 7) is 7.03. The molecule has 1 aliphatic heterocycles. The van der Waals surface area contributed by atoms with Gasteiger partial charge in [-0.15, -0.1) is 3.89 Å². The number of hydrogen-bond acceptors (Lipinski definition) is 7. The number of aliphatic imine (C=N–C) groups is 1. The fourth-order valence-corrected chi connectivity index (χ4v) is 5.87. The number of carbonyl (C=O) groups is 1. The molecule has 0 spiro atoms. The maximum atomic E-state index is 15.0. The summed E-state index contributed by atoms with van der Waals surface area (Å²) in [5.41, 5.74) is -0.0613. The summed E-state index contributed by atoms with van der Waals surface area (Å²) in [4.78, 5) is 21.1. The minimum atomic E-state index is -0.892. The van der Waals surface area contributed by atoms with Crippen molar-refractivity contribution >= 4 is 58.9 Å². The van der Waals surface area contributed by atoms with Crippen molar-refractivity contribution in [2.24, 2.45) is 16.8 Å². The minimum Gasteiger partial charge on any atom is -0.443 e. The number of benzene rings is 1. The third-order valence-electron chi connectivity index (χ3n) is 5.63. The van der Waals surface area contributed by atoms with Crippen molar-refractivity contribution in [3.05, 3.63) is 64.2 Å². The number of aromatic nitrogens is 1. The third-order valence-corrected chi connectivity index (χ3v) is 7.94. The SMILES string of the molecule is CF.COC.C[C@@H]1C2SC(N(SF)C(=O)OC(C)(C)C)=NC(c3cc(/C=C(\F)c4ccc(Cl)cn4)ccc3F)C21. The number of amidine groups is 1. The number of fused-ring (bicyclic) bond motifs is 1. The number of alkyl halides is 1. The van der Waals surface area contributed by atoms with Crippen molar-refractivity contribution in [2.45, 2.75) is 44.6 Å². The van der Waals surface area contributed by atoms with Crippen molar-refractivity contribution < 1.29 is 31.3 Å². The molecule has 3 unspecified atom stereocenters. The number of amides is 1. The normalized spacial score (nSPS) is 21.5. The molecule has 13 heteroatoms. The number of carbonyl (C=O) groups excluding carboxylic acids is 1. The number of rotatable bonds is 4. The fraction of sp³-hybridized carbons (Fsp3) is 0.444. The molecule has 4 atom stereocenters. The summed E-state index contributed by atoms with van der Waals surface area (Å²) >= 11 is 6.78. The van der Waals surface area contributed by atoms with Crippen molar-refractivity contribution in [1.82, 2.24) is 9.29 Å². The molecule has 1 aromatic carbocycles. The van der Waals surface area contributed by atoms with Gasteiger partial charge in [0.2, 0.25) is 0 Å². The standard InChI is InChI=1S/C24H23ClF3N3O2S2.C2H6O.CH3F/c1-12-19-20(30-22(34-21(12)19)31(35-28)23(32)33-24(2,3)4)15-9-13(5-7-16(15)26)10-17(27)18-8-6-14(25)11-29-18;1-3-2;1-2/h5-12,19-21H,1-4H3;1-2H3;1H3/b17-10-;;/t12-,19?,20?,21?;;/m0../s1. The van der Waals surface area contributed by atoms with Crippen LogP contribution in [0.4, 0.5) is 21.9 Å². The highest BCUT2D eigenvalue weighted by Gasteiger charge is 2.57. The summed E-state index contributed by atoms with van der Waals surface area (Å²) in [6.07, 6.45) is 1.69. The van der Waals surface area contributed by atoms with E-state index in [1.807, 2.05) is 6.92 Å². The Morgan fingerprint density at radius 1 is 1.20 bits per heavy atom. The number of pyridine rings is 1. The van der Waals surface area contributed by atoms with E-state index in [0.717, 1.165) is 4.31 Å². The predicted molar refractivity (Wildman–Crippen MR) is 156 cm³/mol. The molecule has 0 saturated heterocycles. The second-order valence-corrected chi connectivity index (χ2v) is 11.8. The molecule has 2 heterocycles. The van der Waals surface area contributed by atoms with Gasteiger partial charge in [0.05, 0.1) is 23.9 Å². The van der Waals surface area contributed by atoms with Crippen LogP contribution in [0.5, 0.6) is 0 Å². The smallest absolute Gasteiger partial charge is 0.428 e. The maximum absolute atomic E-state index is 15.0. The lowest BCUT2D eigenvalue weighted by Crippen LogP contribution is -2.36. The fourth-order valence-electron chi connectivity index (χ4n) is 3.90. The Morgan fingerprint density at radius 3 is 2.40 bits per heavy atom. The number of ether oxygens (including phenoxy) is 2. The van der Waals surface area contributed by atoms with E-state index >= 15 is 0 Å². The second kappa shape index (κ2) is 15.1. The van der Waals surface area contributed by atoms with Gasteiger partial charge >= 0.3 is 6.09 Å². The zero-order chi connectivity index (χ0) is 30.2. The highest BCUT2D eigenvalue weighted by molar-refractivity contribution is 8.15. The lowest BCUT2D eigenvalue weighted by Gasteiger charge is -2.27. The summed E-state index contributed by atoms with van der Waals surface area (Å²) in [5.74, 6) is -0.942. The Hall–Kier alpha value is -2.28. The van der Waals surface area contributed by atoms with Gasteiger partial charge in [-0.25, -0.2) is 13.6 Å². The molecule has 2 aliphatic rings. The van der Waals surface area contributed by atoms with E-state index in [4.69, 9.17) is 16.3 Å². The van der Waals surface area contributed by atoms with Crippen molar-refractivity contribution in [2.75, 3.05) is 21.4 Å². The molecule has 4 rings (SSSR count). The van der Waals surface area contributed by atoms with Gasteiger partial charge in [0, 0.05) is 37.1 Å². The largest absolute Gasteiger partial charge is 0.443 e. The zero-order valence-electron chi connectivity index (χ0n) is 23.1. The molecule has 0 radical (unpaired) electrons. The molecule has 1 aromatic heterocycles. The first-order valence-corrected chi connectivity index (χ1v) is 14.0. The molecule has 1 saturated carbocycles. The topological polar surface area (TPSA) is 64.0 Å². The van der Waals surface area contributed by atoms with Gasteiger partial charge in [0.1, 0.15) is 17.2 Å². The molecule has 40 heavy (non-hydrogen) atoms. The van der Waals surface area contributed by atoms with Crippen LogP contribution in [0, 0.1) is 17.7 Å². The van der Waals surface area contributed by atoms with Crippen LogP contribution in [0.1, 0.15) is 50.6 Å². The van der Waals surface area contributed by atoms with Crippen LogP contribution in [0.15, 0.2) is 41.5 Å². The summed E-state index contributed by atoms with van der Waals surface area (Å²) < 4.78 is 63.3. The van der Waals surface area contributed by atoms with Gasteiger partial charge in [0.15, 0.2) is 17.5 Å². The van der Waals surface area contributed by atoms with Gasteiger partial charge in [-0.1, -0.05) is 36.4 Å². The lowest BCUT2D eigenvalue weighted by molar-refractivity contribution is 0.0473. The summed E-state index contributed by atoms with van der Waals surface area (Å²) in [5, 5.41) is 0.534. The monoisotopic (exact) mass is 621 g/mol. The Balaban J connectivity index is 0.00000105. The molecular formula is C27H32ClF4N3O3S2. The Labute approximate surface area is 246 Å². The molecule has 0 N–H and O–H groups in total. The number of thioether (sulfide) groups is 1. The van der Waals surface area contributed by atoms with E-state index in [9.17, 15) is 21.9 Å². The highest BCUT2D eigenvalue weighted by Crippen LogP contribution is 2.60. The van der Waals surface area contributed by atoms with Crippen LogP contribution >= 0.6 is 35.7 Å². The van der Waals surface area contributed by atoms with Crippen LogP contribution in [0.2, 0.25) is 5.02 Å². The van der Waals surface area contributed by atoms with E-state index in [-0.39, 0.29) is 45.8 Å². The number of halogens is 5. The van der Waals surface area contributed by atoms with E-state index in [1.54, 1.807) is 35.0 Å². The van der Waals surface area contributed by atoms with Crippen LogP contribution < -0.4 is 0 Å². The molecule has 6 nitrogen and oxygen atoms in total. The third kappa shape index (κ3) is 8.86. The van der Waals surface area contributed by atoms with Crippen molar-refractivity contribution in [1.29, 1.82) is 0 Å². The number of nitrogens with zero attached hydrogens (tertiary/aromatic N) is 3. The zero-order valence-corrected chi connectivity index (χ0v) is 25.5. The highest BCUT2D eigenvalue weighted by atomic mass is 35.5. The predicted octanol–water partition coefficient (Wildman–Crippen LogP) is 8.74. The van der Waals surface area contributed by atoms with E-state index in [2.05, 4.69) is 14.7 Å². The van der Waals surface area contributed by atoms with E-state index in [1.165, 1.54) is 54.4 Å². The average Bonchev–Trinajstić information content (AvgIpc) is 3.55. The average molecular weight is 622 g/mol. The molecule has 1 amide bonds. The molecule has 1 aliphatic carbocycles. The summed E-state index contributed by atoms with van der Waals surface area (Å²) in [7, 11) is 3.75. The molecule has 2 aromatic rings. The first kappa shape index (κ1) is 33.9. The van der Waals surface area contributed by atoms with E-state index < -0.39 is 29.4 Å². The first-order valence-electron chi connectivity index (χ1n) is 12.0. The Kier molecular flexibility index (Phi) is 12.8. The lowest BCUT2D eigenvalue weighted by atomic mass is 9.98. The Bertz CT molecular complexity index is 1210. The molecule has 1 fully saturated rings. The number of hydrogen-bond donors (Lipinski definition) is 0. The Morgan fingerprint density at radius 2 is 1.85 bits per heavy atom. The first-order chi connectivity index (χ1) is 18.9. The van der Waals surface area contributed by atoms with E-state index in [0.29, 0.717) is 17.8 Å². The second-order valence-electron chi connectivity index (χ2n) is 9.76. The van der Waals surface area contributed by atoms with Crippen molar-refractivity contribution in [3.8, 4) is 0 Å². The van der Waals surface area contributed by atoms with Gasteiger partial charge in [0.25, 0.3) is 0 Å². The molecular weight excluding hydrogens is 590 g/mol.